The van der Waals surface area contributed by atoms with Crippen LogP contribution < -0.4 is 4.90 Å². The van der Waals surface area contributed by atoms with Gasteiger partial charge in [-0.05, 0) is 73.7 Å². The molecule has 0 fully saturated rings. The molecule has 1 aromatic heterocycles. The lowest BCUT2D eigenvalue weighted by atomic mass is 10.2. The largest absolute Gasteiger partial charge is 0.459 e. The molecule has 2 rings (SSSR count). The molecule has 2 amide bonds. The first-order chi connectivity index (χ1) is 10.7. The van der Waals surface area contributed by atoms with Crippen LogP contribution in [-0.2, 0) is 4.74 Å². The van der Waals surface area contributed by atoms with Gasteiger partial charge >= 0.3 is 12.0 Å². The smallest absolute Gasteiger partial charge is 0.422 e. The number of rotatable bonds is 2. The van der Waals surface area contributed by atoms with Gasteiger partial charge in [0, 0.05) is 8.59 Å². The zero-order valence-corrected chi connectivity index (χ0v) is 15.7. The van der Waals surface area contributed by atoms with Crippen LogP contribution in [-0.4, -0.2) is 17.6 Å². The second kappa shape index (κ2) is 6.92. The van der Waals surface area contributed by atoms with Gasteiger partial charge in [-0.15, -0.1) is 0 Å². The number of hydrogen-bond acceptors (Lipinski definition) is 4. The van der Waals surface area contributed by atoms with Crippen molar-refractivity contribution in [2.24, 2.45) is 0 Å². The maximum absolute atomic E-state index is 12.7. The van der Waals surface area contributed by atoms with E-state index in [2.05, 4.69) is 0 Å². The average molecular weight is 448 g/mol. The van der Waals surface area contributed by atoms with Gasteiger partial charge in [-0.3, -0.25) is 4.79 Å². The summed E-state index contributed by atoms with van der Waals surface area (Å²) in [7, 11) is 0. The van der Waals surface area contributed by atoms with Crippen LogP contribution in [0.15, 0.2) is 41.0 Å². The summed E-state index contributed by atoms with van der Waals surface area (Å²) in [6, 6.07) is 7.92. The summed E-state index contributed by atoms with van der Waals surface area (Å²) >= 11 is 7.95. The van der Waals surface area contributed by atoms with Crippen LogP contribution >= 0.6 is 34.2 Å². The van der Waals surface area contributed by atoms with Gasteiger partial charge in [0.05, 0.1) is 12.0 Å². The molecule has 0 aliphatic carbocycles. The molecule has 0 spiro atoms. The minimum atomic E-state index is -0.779. The van der Waals surface area contributed by atoms with Crippen LogP contribution in [0, 0.1) is 3.57 Å². The minimum Gasteiger partial charge on any atom is -0.459 e. The Labute approximate surface area is 152 Å². The number of hydrogen-bond donors (Lipinski definition) is 0. The Hall–Kier alpha value is -1.54. The second-order valence-electron chi connectivity index (χ2n) is 5.69. The maximum atomic E-state index is 12.7. The van der Waals surface area contributed by atoms with E-state index in [0.717, 1.165) is 4.90 Å². The Balaban J connectivity index is 2.46. The molecule has 122 valence electrons. The van der Waals surface area contributed by atoms with Crippen molar-refractivity contribution in [2.45, 2.75) is 26.4 Å². The molecule has 23 heavy (non-hydrogen) atoms. The summed E-state index contributed by atoms with van der Waals surface area (Å²) in [5.74, 6) is -0.564. The molecular formula is C16H15ClINO4. The highest BCUT2D eigenvalue weighted by Gasteiger charge is 2.32. The fourth-order valence-corrected chi connectivity index (χ4v) is 2.88. The van der Waals surface area contributed by atoms with E-state index in [4.69, 9.17) is 20.8 Å². The van der Waals surface area contributed by atoms with Crippen molar-refractivity contribution in [3.8, 4) is 0 Å². The van der Waals surface area contributed by atoms with Crippen LogP contribution in [0.5, 0.6) is 0 Å². The van der Waals surface area contributed by atoms with Gasteiger partial charge in [-0.1, -0.05) is 11.6 Å². The van der Waals surface area contributed by atoms with E-state index in [0.29, 0.717) is 14.3 Å². The topological polar surface area (TPSA) is 59.8 Å². The summed E-state index contributed by atoms with van der Waals surface area (Å²) in [5, 5.41) is 0.507. The van der Waals surface area contributed by atoms with Crippen molar-refractivity contribution >= 4 is 51.9 Å². The van der Waals surface area contributed by atoms with E-state index in [1.807, 2.05) is 22.6 Å². The number of furan rings is 1. The van der Waals surface area contributed by atoms with Crippen molar-refractivity contribution < 1.29 is 18.7 Å². The van der Waals surface area contributed by atoms with Crippen molar-refractivity contribution in [1.82, 2.24) is 0 Å². The van der Waals surface area contributed by atoms with Gasteiger partial charge in [0.15, 0.2) is 5.76 Å². The first-order valence-electron chi connectivity index (χ1n) is 6.75. The zero-order chi connectivity index (χ0) is 17.2. The first-order valence-corrected chi connectivity index (χ1v) is 8.21. The third kappa shape index (κ3) is 4.48. The van der Waals surface area contributed by atoms with Crippen molar-refractivity contribution in [1.29, 1.82) is 0 Å². The lowest BCUT2D eigenvalue weighted by Gasteiger charge is -2.26. The fraction of sp³-hybridized carbons (Fsp3) is 0.250. The van der Waals surface area contributed by atoms with Crippen LogP contribution in [0.4, 0.5) is 10.5 Å². The summed E-state index contributed by atoms with van der Waals surface area (Å²) in [5.41, 5.74) is -0.359. The van der Waals surface area contributed by atoms with E-state index in [-0.39, 0.29) is 5.76 Å². The Morgan fingerprint density at radius 2 is 1.96 bits per heavy atom. The summed E-state index contributed by atoms with van der Waals surface area (Å²) in [6.45, 7) is 5.19. The molecule has 7 heteroatoms. The van der Waals surface area contributed by atoms with Gasteiger partial charge in [-0.2, -0.15) is 0 Å². The summed E-state index contributed by atoms with van der Waals surface area (Å²) in [4.78, 5) is 26.2. The molecule has 0 radical (unpaired) electrons. The third-order valence-corrected chi connectivity index (χ3v) is 3.76. The molecule has 1 aromatic carbocycles. The predicted molar refractivity (Wildman–Crippen MR) is 95.9 cm³/mol. The Bertz CT molecular complexity index is 722. The standard InChI is InChI=1S/C16H15ClINO4/c1-16(2,3)23-15(21)19(14(20)13-5-4-8-22-13)12-7-6-10(17)9-11(12)18/h4-9H,1-3H3. The summed E-state index contributed by atoms with van der Waals surface area (Å²) in [6.07, 6.45) is 0.590. The van der Waals surface area contributed by atoms with E-state index >= 15 is 0 Å². The molecule has 0 saturated carbocycles. The third-order valence-electron chi connectivity index (χ3n) is 2.66. The molecule has 0 N–H and O–H groups in total. The number of imide groups is 1. The van der Waals surface area contributed by atoms with E-state index in [9.17, 15) is 9.59 Å². The van der Waals surface area contributed by atoms with E-state index in [1.165, 1.54) is 12.3 Å². The molecule has 0 atom stereocenters. The monoisotopic (exact) mass is 447 g/mol. The van der Waals surface area contributed by atoms with E-state index in [1.54, 1.807) is 45.0 Å². The highest BCUT2D eigenvalue weighted by molar-refractivity contribution is 14.1. The minimum absolute atomic E-state index is 0.0432. The van der Waals surface area contributed by atoms with Crippen molar-refractivity contribution in [3.05, 3.63) is 50.9 Å². The van der Waals surface area contributed by atoms with Gasteiger partial charge in [0.2, 0.25) is 0 Å². The molecule has 2 aromatic rings. The van der Waals surface area contributed by atoms with Crippen LogP contribution in [0.25, 0.3) is 0 Å². The number of carbonyl (C=O) groups excluding carboxylic acids is 2. The molecule has 0 bridgehead atoms. The Kier molecular flexibility index (Phi) is 5.36. The van der Waals surface area contributed by atoms with Crippen LogP contribution in [0.3, 0.4) is 0 Å². The Morgan fingerprint density at radius 3 is 2.48 bits per heavy atom. The highest BCUT2D eigenvalue weighted by atomic mass is 127. The number of amides is 2. The number of nitrogens with zero attached hydrogens (tertiary/aromatic N) is 1. The van der Waals surface area contributed by atoms with Gasteiger partial charge in [0.25, 0.3) is 0 Å². The zero-order valence-electron chi connectivity index (χ0n) is 12.8. The lowest BCUT2D eigenvalue weighted by Crippen LogP contribution is -2.41. The van der Waals surface area contributed by atoms with Crippen molar-refractivity contribution in [2.75, 3.05) is 4.90 Å². The molecule has 0 aliphatic rings. The van der Waals surface area contributed by atoms with Crippen LogP contribution in [0.2, 0.25) is 5.02 Å². The van der Waals surface area contributed by atoms with E-state index < -0.39 is 17.6 Å². The molecule has 0 saturated heterocycles. The second-order valence-corrected chi connectivity index (χ2v) is 7.29. The quantitative estimate of drug-likeness (QED) is 0.600. The van der Waals surface area contributed by atoms with Gasteiger partial charge in [0.1, 0.15) is 5.60 Å². The number of halogens is 2. The molecule has 0 unspecified atom stereocenters. The average Bonchev–Trinajstić information content (AvgIpc) is 2.93. The number of carbonyl (C=O) groups is 2. The maximum Gasteiger partial charge on any atom is 0.422 e. The summed E-state index contributed by atoms with van der Waals surface area (Å²) < 4.78 is 11.1. The number of benzene rings is 1. The van der Waals surface area contributed by atoms with Crippen molar-refractivity contribution in [3.63, 3.8) is 0 Å². The molecular weight excluding hydrogens is 433 g/mol. The first kappa shape index (κ1) is 17.8. The SMILES string of the molecule is CC(C)(C)OC(=O)N(C(=O)c1ccco1)c1ccc(Cl)cc1I. The highest BCUT2D eigenvalue weighted by Crippen LogP contribution is 2.28. The number of anilines is 1. The van der Waals surface area contributed by atoms with Gasteiger partial charge in [-0.25, -0.2) is 9.69 Å². The lowest BCUT2D eigenvalue weighted by molar-refractivity contribution is 0.0560. The fourth-order valence-electron chi connectivity index (χ4n) is 1.77. The molecule has 0 aliphatic heterocycles. The van der Waals surface area contributed by atoms with Crippen LogP contribution in [0.1, 0.15) is 31.3 Å². The Morgan fingerprint density at radius 1 is 1.26 bits per heavy atom. The normalized spacial score (nSPS) is 11.2. The molecule has 5 nitrogen and oxygen atoms in total. The van der Waals surface area contributed by atoms with Gasteiger partial charge < -0.3 is 9.15 Å². The number of ether oxygens (including phenoxy) is 1. The molecule has 1 heterocycles. The predicted octanol–water partition coefficient (Wildman–Crippen LogP) is 5.12.